The molecule has 0 bridgehead atoms. The lowest BCUT2D eigenvalue weighted by Gasteiger charge is -2.11. The zero-order chi connectivity index (χ0) is 11.7. The molecule has 0 amide bonds. The van der Waals surface area contributed by atoms with Gasteiger partial charge in [-0.05, 0) is 29.8 Å². The molecular formula is C14H13NOS. The van der Waals surface area contributed by atoms with E-state index < -0.39 is 0 Å². The lowest BCUT2D eigenvalue weighted by Crippen LogP contribution is -2.00. The van der Waals surface area contributed by atoms with Crippen molar-refractivity contribution in [3.8, 4) is 5.75 Å². The van der Waals surface area contributed by atoms with Gasteiger partial charge in [-0.1, -0.05) is 36.0 Å². The predicted molar refractivity (Wildman–Crippen MR) is 71.7 cm³/mol. The number of benzene rings is 2. The number of para-hydroxylation sites is 1. The van der Waals surface area contributed by atoms with Crippen molar-refractivity contribution < 1.29 is 4.74 Å². The zero-order valence-corrected chi connectivity index (χ0v) is 10.3. The summed E-state index contributed by atoms with van der Waals surface area (Å²) in [6, 6.07) is 16.6. The highest BCUT2D eigenvalue weighted by atomic mass is 32.2. The predicted octanol–water partition coefficient (Wildman–Crippen LogP) is 3.91. The molecule has 2 nitrogen and oxygen atoms in total. The minimum absolute atomic E-state index is 0.304. The third-order valence-corrected chi connectivity index (χ3v) is 4.07. The molecule has 2 aromatic carbocycles. The van der Waals surface area contributed by atoms with Crippen LogP contribution < -0.4 is 10.1 Å². The monoisotopic (exact) mass is 243 g/mol. The minimum Gasteiger partial charge on any atom is -0.497 e. The van der Waals surface area contributed by atoms with Gasteiger partial charge >= 0.3 is 0 Å². The third kappa shape index (κ3) is 1.98. The van der Waals surface area contributed by atoms with Gasteiger partial charge in [-0.3, -0.25) is 0 Å². The van der Waals surface area contributed by atoms with Gasteiger partial charge in [0.1, 0.15) is 11.1 Å². The Labute approximate surface area is 105 Å². The Hall–Kier alpha value is -1.61. The quantitative estimate of drug-likeness (QED) is 0.864. The van der Waals surface area contributed by atoms with Crippen LogP contribution in [0, 0.1) is 0 Å². The second-order valence-electron chi connectivity index (χ2n) is 3.91. The van der Waals surface area contributed by atoms with Crippen LogP contribution in [0.2, 0.25) is 0 Å². The molecule has 0 spiro atoms. The first-order valence-corrected chi connectivity index (χ1v) is 6.41. The molecule has 1 aliphatic rings. The van der Waals surface area contributed by atoms with E-state index in [0.717, 1.165) is 5.75 Å². The number of ether oxygens (including phenoxy) is 1. The van der Waals surface area contributed by atoms with Crippen LogP contribution in [0.15, 0.2) is 53.4 Å². The first kappa shape index (κ1) is 10.5. The summed E-state index contributed by atoms with van der Waals surface area (Å²) in [6.45, 7) is 0. The maximum absolute atomic E-state index is 5.17. The Morgan fingerprint density at radius 3 is 2.53 bits per heavy atom. The van der Waals surface area contributed by atoms with Gasteiger partial charge < -0.3 is 10.1 Å². The van der Waals surface area contributed by atoms with Crippen molar-refractivity contribution in [2.45, 2.75) is 10.3 Å². The van der Waals surface area contributed by atoms with E-state index in [9.17, 15) is 0 Å². The largest absolute Gasteiger partial charge is 0.497 e. The van der Waals surface area contributed by atoms with Crippen LogP contribution in [-0.2, 0) is 0 Å². The molecule has 0 aliphatic carbocycles. The Morgan fingerprint density at radius 1 is 1.06 bits per heavy atom. The highest BCUT2D eigenvalue weighted by Gasteiger charge is 2.21. The molecule has 0 saturated heterocycles. The molecule has 3 rings (SSSR count). The van der Waals surface area contributed by atoms with Crippen molar-refractivity contribution >= 4 is 17.4 Å². The second-order valence-corrected chi connectivity index (χ2v) is 5.06. The average Bonchev–Trinajstić information content (AvgIpc) is 2.82. The molecule has 17 heavy (non-hydrogen) atoms. The number of methoxy groups -OCH3 is 1. The summed E-state index contributed by atoms with van der Waals surface area (Å²) in [7, 11) is 1.69. The van der Waals surface area contributed by atoms with Gasteiger partial charge in [-0.2, -0.15) is 0 Å². The SMILES string of the molecule is COc1ccc([C@@H]2Nc3ccccc3S2)cc1. The van der Waals surface area contributed by atoms with Gasteiger partial charge in [0.05, 0.1) is 7.11 Å². The molecule has 1 aliphatic heterocycles. The molecule has 0 aromatic heterocycles. The van der Waals surface area contributed by atoms with Crippen molar-refractivity contribution in [2.24, 2.45) is 0 Å². The third-order valence-electron chi connectivity index (χ3n) is 2.84. The Balaban J connectivity index is 1.83. The number of rotatable bonds is 2. The fourth-order valence-electron chi connectivity index (χ4n) is 1.92. The van der Waals surface area contributed by atoms with Crippen LogP contribution in [0.25, 0.3) is 0 Å². The van der Waals surface area contributed by atoms with Crippen LogP contribution in [0.4, 0.5) is 5.69 Å². The topological polar surface area (TPSA) is 21.3 Å². The summed E-state index contributed by atoms with van der Waals surface area (Å²) in [5.74, 6) is 0.897. The Bertz CT molecular complexity index is 499. The highest BCUT2D eigenvalue weighted by Crippen LogP contribution is 2.46. The molecule has 0 fully saturated rings. The van der Waals surface area contributed by atoms with Gasteiger partial charge in [0.2, 0.25) is 0 Å². The summed E-state index contributed by atoms with van der Waals surface area (Å²) in [4.78, 5) is 1.31. The zero-order valence-electron chi connectivity index (χ0n) is 9.51. The Kier molecular flexibility index (Phi) is 2.69. The van der Waals surface area contributed by atoms with Crippen LogP contribution in [0.1, 0.15) is 10.9 Å². The van der Waals surface area contributed by atoms with E-state index in [1.807, 2.05) is 23.9 Å². The van der Waals surface area contributed by atoms with Gasteiger partial charge in [0.15, 0.2) is 0 Å². The number of anilines is 1. The fraction of sp³-hybridized carbons (Fsp3) is 0.143. The number of thioether (sulfide) groups is 1. The Morgan fingerprint density at radius 2 is 1.82 bits per heavy atom. The smallest absolute Gasteiger partial charge is 0.118 e. The fourth-order valence-corrected chi connectivity index (χ4v) is 3.06. The summed E-state index contributed by atoms with van der Waals surface area (Å²) >= 11 is 1.85. The molecule has 1 atom stereocenters. The van der Waals surface area contributed by atoms with Gasteiger partial charge in [-0.25, -0.2) is 0 Å². The maximum Gasteiger partial charge on any atom is 0.118 e. The molecular weight excluding hydrogens is 230 g/mol. The molecule has 86 valence electrons. The van der Waals surface area contributed by atoms with Crippen molar-refractivity contribution in [3.05, 3.63) is 54.1 Å². The normalized spacial score (nSPS) is 17.4. The van der Waals surface area contributed by atoms with Crippen molar-refractivity contribution in [1.29, 1.82) is 0 Å². The van der Waals surface area contributed by atoms with Gasteiger partial charge in [-0.15, -0.1) is 0 Å². The van der Waals surface area contributed by atoms with Gasteiger partial charge in [0, 0.05) is 10.6 Å². The van der Waals surface area contributed by atoms with Crippen molar-refractivity contribution in [2.75, 3.05) is 12.4 Å². The summed E-state index contributed by atoms with van der Waals surface area (Å²) < 4.78 is 5.17. The van der Waals surface area contributed by atoms with E-state index in [-0.39, 0.29) is 0 Å². The highest BCUT2D eigenvalue weighted by molar-refractivity contribution is 8.00. The van der Waals surface area contributed by atoms with E-state index in [1.165, 1.54) is 16.1 Å². The molecule has 1 heterocycles. The van der Waals surface area contributed by atoms with Crippen molar-refractivity contribution in [1.82, 2.24) is 0 Å². The van der Waals surface area contributed by atoms with Crippen LogP contribution >= 0.6 is 11.8 Å². The standard InChI is InChI=1S/C14H13NOS/c1-16-11-8-6-10(7-9-11)14-15-12-4-2-3-5-13(12)17-14/h2-9,14-15H,1H3/t14-/m1/s1. The molecule has 0 saturated carbocycles. The molecule has 0 radical (unpaired) electrons. The van der Waals surface area contributed by atoms with E-state index in [2.05, 4.69) is 41.7 Å². The second kappa shape index (κ2) is 4.34. The number of fused-ring (bicyclic) bond motifs is 1. The van der Waals surface area contributed by atoms with Crippen LogP contribution in [0.5, 0.6) is 5.75 Å². The molecule has 1 N–H and O–H groups in total. The van der Waals surface area contributed by atoms with Crippen LogP contribution in [0.3, 0.4) is 0 Å². The molecule has 3 heteroatoms. The lowest BCUT2D eigenvalue weighted by molar-refractivity contribution is 0.414. The number of hydrogen-bond donors (Lipinski definition) is 1. The summed E-state index contributed by atoms with van der Waals surface area (Å²) in [5, 5.41) is 3.81. The van der Waals surface area contributed by atoms with Crippen LogP contribution in [-0.4, -0.2) is 7.11 Å². The summed E-state index contributed by atoms with van der Waals surface area (Å²) in [5.41, 5.74) is 2.49. The van der Waals surface area contributed by atoms with E-state index in [1.54, 1.807) is 7.11 Å². The molecule has 2 aromatic rings. The van der Waals surface area contributed by atoms with E-state index in [4.69, 9.17) is 4.74 Å². The number of nitrogens with one attached hydrogen (secondary N) is 1. The lowest BCUT2D eigenvalue weighted by atomic mass is 10.2. The first-order valence-electron chi connectivity index (χ1n) is 5.53. The number of hydrogen-bond acceptors (Lipinski definition) is 3. The van der Waals surface area contributed by atoms with Gasteiger partial charge in [0.25, 0.3) is 0 Å². The minimum atomic E-state index is 0.304. The molecule has 0 unspecified atom stereocenters. The van der Waals surface area contributed by atoms with Crippen molar-refractivity contribution in [3.63, 3.8) is 0 Å². The average molecular weight is 243 g/mol. The summed E-state index contributed by atoms with van der Waals surface area (Å²) in [6.07, 6.45) is 0. The first-order chi connectivity index (χ1) is 8.36. The van der Waals surface area contributed by atoms with E-state index in [0.29, 0.717) is 5.37 Å². The van der Waals surface area contributed by atoms with E-state index >= 15 is 0 Å². The maximum atomic E-state index is 5.17.